The van der Waals surface area contributed by atoms with E-state index in [9.17, 15) is 0 Å². The Bertz CT molecular complexity index is 760. The first-order valence-corrected chi connectivity index (χ1v) is 5.82. The van der Waals surface area contributed by atoms with Gasteiger partial charge in [-0.3, -0.25) is 0 Å². The van der Waals surface area contributed by atoms with Crippen LogP contribution in [0.5, 0.6) is 0 Å². The summed E-state index contributed by atoms with van der Waals surface area (Å²) in [5, 5.41) is 3.46. The second-order valence-corrected chi connectivity index (χ2v) is 4.23. The Labute approximate surface area is 105 Å². The summed E-state index contributed by atoms with van der Waals surface area (Å²) in [6, 6.07) is 8.29. The number of aromatic nitrogens is 2. The Hall–Kier alpha value is -2.42. The molecular formula is C15H13N3. The van der Waals surface area contributed by atoms with Crippen LogP contribution >= 0.6 is 0 Å². The highest BCUT2D eigenvalue weighted by atomic mass is 14.8. The molecule has 0 bridgehead atoms. The molecule has 0 saturated carbocycles. The number of benzene rings is 2. The van der Waals surface area contributed by atoms with E-state index in [0.29, 0.717) is 0 Å². The van der Waals surface area contributed by atoms with E-state index < -0.39 is 0 Å². The fourth-order valence-electron chi connectivity index (χ4n) is 2.41. The molecule has 2 N–H and O–H groups in total. The number of hydrogen-bond donors (Lipinski definition) is 1. The maximum atomic E-state index is 5.54. The predicted octanol–water partition coefficient (Wildman–Crippen LogP) is 3.02. The lowest BCUT2D eigenvalue weighted by molar-refractivity contribution is 1.22. The van der Waals surface area contributed by atoms with Crippen molar-refractivity contribution in [2.24, 2.45) is 5.73 Å². The van der Waals surface area contributed by atoms with Crippen LogP contribution in [0.3, 0.4) is 0 Å². The average Bonchev–Trinajstić information content (AvgIpc) is 2.43. The lowest BCUT2D eigenvalue weighted by atomic mass is 9.96. The summed E-state index contributed by atoms with van der Waals surface area (Å²) in [7, 11) is 0. The Morgan fingerprint density at radius 3 is 2.67 bits per heavy atom. The van der Waals surface area contributed by atoms with Gasteiger partial charge < -0.3 is 5.73 Å². The van der Waals surface area contributed by atoms with Crippen LogP contribution < -0.4 is 5.73 Å². The quantitative estimate of drug-likeness (QED) is 0.659. The van der Waals surface area contributed by atoms with Crippen LogP contribution in [0.25, 0.3) is 27.8 Å². The molecule has 0 aliphatic heterocycles. The van der Waals surface area contributed by atoms with Gasteiger partial charge in [0.25, 0.3) is 0 Å². The van der Waals surface area contributed by atoms with E-state index in [1.807, 2.05) is 24.4 Å². The summed E-state index contributed by atoms with van der Waals surface area (Å²) >= 11 is 0. The zero-order valence-electron chi connectivity index (χ0n) is 10.1. The SMILES string of the molecule is Cc1c(/C=C\N)c2ncncc2c2ccccc12. The third-order valence-corrected chi connectivity index (χ3v) is 3.26. The standard InChI is InChI=1S/C15H13N3/c1-10-11-4-2-3-5-13(11)14-8-17-9-18-15(14)12(10)6-7-16/h2-9H,16H2,1H3/b7-6-. The Morgan fingerprint density at radius 2 is 1.89 bits per heavy atom. The molecular weight excluding hydrogens is 222 g/mol. The first-order valence-electron chi connectivity index (χ1n) is 5.82. The number of hydrogen-bond acceptors (Lipinski definition) is 3. The zero-order chi connectivity index (χ0) is 12.5. The molecule has 0 radical (unpaired) electrons. The van der Waals surface area contributed by atoms with Crippen molar-refractivity contribution >= 4 is 27.8 Å². The van der Waals surface area contributed by atoms with Gasteiger partial charge in [0, 0.05) is 17.1 Å². The second kappa shape index (κ2) is 4.11. The summed E-state index contributed by atoms with van der Waals surface area (Å²) in [5.74, 6) is 0. The molecule has 0 atom stereocenters. The van der Waals surface area contributed by atoms with Gasteiger partial charge in [-0.2, -0.15) is 0 Å². The van der Waals surface area contributed by atoms with Crippen LogP contribution in [-0.4, -0.2) is 9.97 Å². The van der Waals surface area contributed by atoms with Gasteiger partial charge >= 0.3 is 0 Å². The minimum absolute atomic E-state index is 0.947. The first-order chi connectivity index (χ1) is 8.83. The minimum Gasteiger partial charge on any atom is -0.405 e. The van der Waals surface area contributed by atoms with Crippen molar-refractivity contribution < 1.29 is 0 Å². The maximum absolute atomic E-state index is 5.54. The van der Waals surface area contributed by atoms with Crippen molar-refractivity contribution in [2.45, 2.75) is 6.92 Å². The molecule has 0 unspecified atom stereocenters. The third kappa shape index (κ3) is 1.44. The van der Waals surface area contributed by atoms with Gasteiger partial charge in [-0.15, -0.1) is 0 Å². The Morgan fingerprint density at radius 1 is 1.11 bits per heavy atom. The van der Waals surface area contributed by atoms with Crippen molar-refractivity contribution in [3.63, 3.8) is 0 Å². The Balaban J connectivity index is 2.62. The molecule has 18 heavy (non-hydrogen) atoms. The molecule has 0 aliphatic carbocycles. The van der Waals surface area contributed by atoms with E-state index in [1.54, 1.807) is 12.5 Å². The van der Waals surface area contributed by atoms with E-state index in [0.717, 1.165) is 16.5 Å². The predicted molar refractivity (Wildman–Crippen MR) is 75.0 cm³/mol. The van der Waals surface area contributed by atoms with Crippen LogP contribution in [0.1, 0.15) is 11.1 Å². The smallest absolute Gasteiger partial charge is 0.116 e. The van der Waals surface area contributed by atoms with Crippen LogP contribution in [0.15, 0.2) is 43.0 Å². The summed E-state index contributed by atoms with van der Waals surface area (Å²) in [5.41, 5.74) is 8.74. The number of aryl methyl sites for hydroxylation is 1. The molecule has 2 aromatic carbocycles. The third-order valence-electron chi connectivity index (χ3n) is 3.26. The summed E-state index contributed by atoms with van der Waals surface area (Å²) < 4.78 is 0. The van der Waals surface area contributed by atoms with Crippen LogP contribution in [-0.2, 0) is 0 Å². The second-order valence-electron chi connectivity index (χ2n) is 4.23. The molecule has 0 amide bonds. The molecule has 3 aromatic rings. The van der Waals surface area contributed by atoms with Crippen LogP contribution in [0, 0.1) is 6.92 Å². The van der Waals surface area contributed by atoms with Gasteiger partial charge in [0.1, 0.15) is 6.33 Å². The molecule has 0 fully saturated rings. The number of rotatable bonds is 1. The van der Waals surface area contributed by atoms with Crippen LogP contribution in [0.2, 0.25) is 0 Å². The highest BCUT2D eigenvalue weighted by molar-refractivity contribution is 6.10. The van der Waals surface area contributed by atoms with Gasteiger partial charge in [-0.1, -0.05) is 24.3 Å². The fourth-order valence-corrected chi connectivity index (χ4v) is 2.41. The largest absolute Gasteiger partial charge is 0.405 e. The molecule has 1 heterocycles. The number of fused-ring (bicyclic) bond motifs is 3. The van der Waals surface area contributed by atoms with Crippen LogP contribution in [0.4, 0.5) is 0 Å². The van der Waals surface area contributed by atoms with Crippen molar-refractivity contribution in [2.75, 3.05) is 0 Å². The highest BCUT2D eigenvalue weighted by Gasteiger charge is 2.09. The Kier molecular flexibility index (Phi) is 2.45. The highest BCUT2D eigenvalue weighted by Crippen LogP contribution is 2.31. The van der Waals surface area contributed by atoms with Gasteiger partial charge in [0.05, 0.1) is 5.52 Å². The molecule has 0 saturated heterocycles. The molecule has 0 aliphatic rings. The molecule has 3 nitrogen and oxygen atoms in total. The molecule has 88 valence electrons. The van der Waals surface area contributed by atoms with Crippen molar-refractivity contribution in [3.8, 4) is 0 Å². The van der Waals surface area contributed by atoms with Crippen molar-refractivity contribution in [1.29, 1.82) is 0 Å². The topological polar surface area (TPSA) is 51.8 Å². The normalized spacial score (nSPS) is 11.6. The van der Waals surface area contributed by atoms with Gasteiger partial charge in [-0.05, 0) is 35.5 Å². The number of nitrogens with two attached hydrogens (primary N) is 1. The molecule has 3 rings (SSSR count). The zero-order valence-corrected chi connectivity index (χ0v) is 10.1. The van der Waals surface area contributed by atoms with E-state index in [2.05, 4.69) is 29.0 Å². The minimum atomic E-state index is 0.947. The molecule has 1 aromatic heterocycles. The molecule has 0 spiro atoms. The van der Waals surface area contributed by atoms with Crippen molar-refractivity contribution in [3.05, 3.63) is 54.1 Å². The maximum Gasteiger partial charge on any atom is 0.116 e. The first kappa shape index (κ1) is 10.7. The molecule has 3 heteroatoms. The monoisotopic (exact) mass is 235 g/mol. The number of nitrogens with zero attached hydrogens (tertiary/aromatic N) is 2. The van der Waals surface area contributed by atoms with Gasteiger partial charge in [-0.25, -0.2) is 9.97 Å². The van der Waals surface area contributed by atoms with Gasteiger partial charge in [0.2, 0.25) is 0 Å². The van der Waals surface area contributed by atoms with Crippen molar-refractivity contribution in [1.82, 2.24) is 9.97 Å². The lowest BCUT2D eigenvalue weighted by Crippen LogP contribution is -1.92. The van der Waals surface area contributed by atoms with E-state index >= 15 is 0 Å². The lowest BCUT2D eigenvalue weighted by Gasteiger charge is -2.10. The summed E-state index contributed by atoms with van der Waals surface area (Å²) in [6.07, 6.45) is 6.89. The fraction of sp³-hybridized carbons (Fsp3) is 0.0667. The van der Waals surface area contributed by atoms with Gasteiger partial charge in [0.15, 0.2) is 0 Å². The summed E-state index contributed by atoms with van der Waals surface area (Å²) in [6.45, 7) is 2.10. The summed E-state index contributed by atoms with van der Waals surface area (Å²) in [4.78, 5) is 8.52. The van der Waals surface area contributed by atoms with E-state index in [4.69, 9.17) is 5.73 Å². The van der Waals surface area contributed by atoms with E-state index in [-0.39, 0.29) is 0 Å². The average molecular weight is 235 g/mol. The van der Waals surface area contributed by atoms with E-state index in [1.165, 1.54) is 16.3 Å².